The average Bonchev–Trinajstić information content (AvgIpc) is 2.37. The Balaban J connectivity index is 2.87. The highest BCUT2D eigenvalue weighted by Crippen LogP contribution is 2.27. The topological polar surface area (TPSA) is 110 Å². The summed E-state index contributed by atoms with van der Waals surface area (Å²) in [4.78, 5) is 10.7. The second kappa shape index (κ2) is 2.80. The Morgan fingerprint density at radius 3 is 2.67 bits per heavy atom. The van der Waals surface area contributed by atoms with Crippen LogP contribution in [0.15, 0.2) is 27.5 Å². The number of amidine groups is 1. The number of rotatable bonds is 1. The van der Waals surface area contributed by atoms with Crippen molar-refractivity contribution in [2.24, 2.45) is 10.1 Å². The Morgan fingerprint density at radius 2 is 2.07 bits per heavy atom. The Bertz CT molecular complexity index is 589. The van der Waals surface area contributed by atoms with E-state index in [4.69, 9.17) is 10.8 Å². The molecule has 0 amide bonds. The highest BCUT2D eigenvalue weighted by atomic mass is 32.2. The molecule has 0 unspecified atom stereocenters. The molecule has 15 heavy (non-hydrogen) atoms. The van der Waals surface area contributed by atoms with Crippen LogP contribution in [0, 0.1) is 0 Å². The van der Waals surface area contributed by atoms with Gasteiger partial charge in [-0.3, -0.25) is 0 Å². The summed E-state index contributed by atoms with van der Waals surface area (Å²) in [5.41, 5.74) is 5.19. The largest absolute Gasteiger partial charge is 0.478 e. The highest BCUT2D eigenvalue weighted by molar-refractivity contribution is 7.90. The van der Waals surface area contributed by atoms with Crippen LogP contribution in [-0.2, 0) is 10.0 Å². The summed E-state index contributed by atoms with van der Waals surface area (Å²) in [6.45, 7) is 0. The van der Waals surface area contributed by atoms with Gasteiger partial charge in [0.05, 0.1) is 11.1 Å². The van der Waals surface area contributed by atoms with E-state index in [0.29, 0.717) is 0 Å². The van der Waals surface area contributed by atoms with Crippen LogP contribution >= 0.6 is 0 Å². The van der Waals surface area contributed by atoms with E-state index in [9.17, 15) is 13.2 Å². The van der Waals surface area contributed by atoms with Gasteiger partial charge in [-0.15, -0.1) is 4.40 Å². The van der Waals surface area contributed by atoms with Crippen molar-refractivity contribution < 1.29 is 18.3 Å². The monoisotopic (exact) mass is 226 g/mol. The molecule has 6 nitrogen and oxygen atoms in total. The maximum atomic E-state index is 11.4. The Labute approximate surface area is 85.1 Å². The van der Waals surface area contributed by atoms with Gasteiger partial charge in [-0.25, -0.2) is 4.79 Å². The van der Waals surface area contributed by atoms with Gasteiger partial charge in [-0.2, -0.15) is 8.42 Å². The second-order valence-electron chi connectivity index (χ2n) is 2.94. The van der Waals surface area contributed by atoms with Crippen LogP contribution in [0.3, 0.4) is 0 Å². The molecule has 3 N–H and O–H groups in total. The fourth-order valence-electron chi connectivity index (χ4n) is 1.41. The van der Waals surface area contributed by atoms with E-state index >= 15 is 0 Å². The number of carboxylic acids is 1. The lowest BCUT2D eigenvalue weighted by Gasteiger charge is -2.01. The van der Waals surface area contributed by atoms with Crippen molar-refractivity contribution in [1.29, 1.82) is 0 Å². The number of benzene rings is 1. The summed E-state index contributed by atoms with van der Waals surface area (Å²) >= 11 is 0. The van der Waals surface area contributed by atoms with E-state index in [2.05, 4.69) is 4.40 Å². The lowest BCUT2D eigenvalue weighted by Crippen LogP contribution is -2.15. The predicted molar refractivity (Wildman–Crippen MR) is 51.3 cm³/mol. The number of sulfonamides is 1. The zero-order chi connectivity index (χ0) is 11.2. The molecule has 0 aliphatic carbocycles. The number of hydrogen-bond acceptors (Lipinski definition) is 4. The number of fused-ring (bicyclic) bond motifs is 1. The summed E-state index contributed by atoms with van der Waals surface area (Å²) < 4.78 is 26.0. The van der Waals surface area contributed by atoms with Gasteiger partial charge >= 0.3 is 5.97 Å². The number of hydrogen-bond donors (Lipinski definition) is 2. The molecule has 2 rings (SSSR count). The van der Waals surface area contributed by atoms with Crippen LogP contribution in [-0.4, -0.2) is 25.3 Å². The third-order valence-corrected chi connectivity index (χ3v) is 3.34. The first-order valence-electron chi connectivity index (χ1n) is 3.90. The third-order valence-electron chi connectivity index (χ3n) is 2.01. The van der Waals surface area contributed by atoms with Gasteiger partial charge in [0.2, 0.25) is 0 Å². The lowest BCUT2D eigenvalue weighted by atomic mass is 10.1. The van der Waals surface area contributed by atoms with Gasteiger partial charge in [0, 0.05) is 0 Å². The molecule has 0 aromatic heterocycles. The van der Waals surface area contributed by atoms with Crippen LogP contribution in [0.2, 0.25) is 0 Å². The molecule has 1 aromatic carbocycles. The van der Waals surface area contributed by atoms with E-state index in [1.54, 1.807) is 0 Å². The molecular formula is C8H6N2O4S. The van der Waals surface area contributed by atoms with Gasteiger partial charge in [-0.05, 0) is 12.1 Å². The van der Waals surface area contributed by atoms with E-state index in [1.165, 1.54) is 18.2 Å². The van der Waals surface area contributed by atoms with E-state index in [0.717, 1.165) is 0 Å². The summed E-state index contributed by atoms with van der Waals surface area (Å²) in [6.07, 6.45) is 0. The molecule has 0 fully saturated rings. The molecule has 0 saturated carbocycles. The Morgan fingerprint density at radius 1 is 1.40 bits per heavy atom. The molecule has 0 bridgehead atoms. The van der Waals surface area contributed by atoms with Gasteiger partial charge in [-0.1, -0.05) is 6.07 Å². The zero-order valence-electron chi connectivity index (χ0n) is 7.34. The van der Waals surface area contributed by atoms with Crippen molar-refractivity contribution >= 4 is 21.8 Å². The summed E-state index contributed by atoms with van der Waals surface area (Å²) in [5, 5.41) is 8.83. The van der Waals surface area contributed by atoms with E-state index < -0.39 is 16.0 Å². The minimum absolute atomic E-state index is 0.0231. The Hall–Kier alpha value is -1.89. The molecule has 1 aliphatic rings. The molecular weight excluding hydrogens is 220 g/mol. The second-order valence-corrected chi connectivity index (χ2v) is 4.51. The van der Waals surface area contributed by atoms with Crippen molar-refractivity contribution in [3.05, 3.63) is 29.3 Å². The summed E-state index contributed by atoms with van der Waals surface area (Å²) in [6, 6.07) is 3.90. The van der Waals surface area contributed by atoms with E-state index in [-0.39, 0.29) is 21.9 Å². The number of nitrogens with zero attached hydrogens (tertiary/aromatic N) is 1. The lowest BCUT2D eigenvalue weighted by molar-refractivity contribution is 0.0696. The molecule has 0 atom stereocenters. The minimum Gasteiger partial charge on any atom is -0.478 e. The van der Waals surface area contributed by atoms with Crippen molar-refractivity contribution in [2.45, 2.75) is 4.90 Å². The van der Waals surface area contributed by atoms with E-state index in [1.807, 2.05) is 0 Å². The average molecular weight is 226 g/mol. The van der Waals surface area contributed by atoms with Crippen LogP contribution in [0.5, 0.6) is 0 Å². The molecule has 1 aliphatic heterocycles. The smallest absolute Gasteiger partial charge is 0.336 e. The first-order chi connectivity index (χ1) is 6.93. The minimum atomic E-state index is -3.81. The third kappa shape index (κ3) is 1.28. The number of nitrogens with two attached hydrogens (primary N) is 1. The first-order valence-corrected chi connectivity index (χ1v) is 5.34. The number of aromatic carboxylic acids is 1. The van der Waals surface area contributed by atoms with Crippen LogP contribution in [0.4, 0.5) is 0 Å². The molecule has 0 radical (unpaired) electrons. The zero-order valence-corrected chi connectivity index (χ0v) is 8.15. The van der Waals surface area contributed by atoms with Crippen molar-refractivity contribution in [3.63, 3.8) is 0 Å². The van der Waals surface area contributed by atoms with Gasteiger partial charge in [0.25, 0.3) is 10.0 Å². The normalized spacial score (nSPS) is 16.9. The highest BCUT2D eigenvalue weighted by Gasteiger charge is 2.31. The van der Waals surface area contributed by atoms with Crippen molar-refractivity contribution in [3.8, 4) is 0 Å². The first kappa shape index (κ1) is 9.66. The molecule has 78 valence electrons. The molecule has 1 heterocycles. The number of carbonyl (C=O) groups is 1. The quantitative estimate of drug-likeness (QED) is 0.688. The van der Waals surface area contributed by atoms with Gasteiger partial charge in [0.1, 0.15) is 10.7 Å². The van der Waals surface area contributed by atoms with Crippen molar-refractivity contribution in [1.82, 2.24) is 0 Å². The molecule has 1 aromatic rings. The molecule has 7 heteroatoms. The SMILES string of the molecule is NC1=NS(=O)(=O)c2cccc(C(=O)O)c21. The fourth-order valence-corrected chi connectivity index (χ4v) is 2.58. The van der Waals surface area contributed by atoms with Crippen LogP contribution in [0.25, 0.3) is 0 Å². The van der Waals surface area contributed by atoms with Gasteiger partial charge in [0.15, 0.2) is 0 Å². The molecule has 0 spiro atoms. The van der Waals surface area contributed by atoms with Crippen molar-refractivity contribution in [2.75, 3.05) is 0 Å². The van der Waals surface area contributed by atoms with Crippen LogP contribution in [0.1, 0.15) is 15.9 Å². The standard InChI is InChI=1S/C8H6N2O4S/c9-7-6-4(8(11)12)2-1-3-5(6)15(13,14)10-7/h1-3H,(H2,9,10)(H,11,12). The maximum absolute atomic E-state index is 11.4. The number of carboxylic acid groups (broad SMARTS) is 1. The summed E-state index contributed by atoms with van der Waals surface area (Å²) in [5.74, 6) is -1.51. The fraction of sp³-hybridized carbons (Fsp3) is 0. The predicted octanol–water partition coefficient (Wildman–Crippen LogP) is -0.208. The maximum Gasteiger partial charge on any atom is 0.336 e. The van der Waals surface area contributed by atoms with Gasteiger partial charge < -0.3 is 10.8 Å². The summed E-state index contributed by atoms with van der Waals surface area (Å²) in [7, 11) is -3.81. The van der Waals surface area contributed by atoms with Crippen LogP contribution < -0.4 is 5.73 Å². The Kier molecular flexibility index (Phi) is 1.80. The molecule has 0 saturated heterocycles.